The van der Waals surface area contributed by atoms with Crippen molar-refractivity contribution in [2.24, 2.45) is 5.92 Å². The molecule has 114 valence electrons. The number of carbonyl (C=O) groups is 2. The van der Waals surface area contributed by atoms with E-state index in [2.05, 4.69) is 12.2 Å². The molecule has 2 amide bonds. The Kier molecular flexibility index (Phi) is 5.23. The zero-order valence-electron chi connectivity index (χ0n) is 12.4. The molecule has 0 bridgehead atoms. The Balaban J connectivity index is 1.99. The van der Waals surface area contributed by atoms with Crippen LogP contribution < -0.4 is 10.2 Å². The number of nitrogens with one attached hydrogen (secondary N) is 1. The maximum absolute atomic E-state index is 12.2. The van der Waals surface area contributed by atoms with Gasteiger partial charge in [0.15, 0.2) is 0 Å². The van der Waals surface area contributed by atoms with E-state index in [0.717, 1.165) is 18.5 Å². The molecule has 1 N–H and O–H groups in total. The summed E-state index contributed by atoms with van der Waals surface area (Å²) in [5, 5.41) is 3.62. The lowest BCUT2D eigenvalue weighted by Gasteiger charge is -2.18. The van der Waals surface area contributed by atoms with Crippen LogP contribution in [0, 0.1) is 5.92 Å². The van der Waals surface area contributed by atoms with Gasteiger partial charge >= 0.3 is 0 Å². The molecule has 1 aromatic rings. The van der Waals surface area contributed by atoms with E-state index in [1.807, 2.05) is 6.92 Å². The molecule has 4 nitrogen and oxygen atoms in total. The quantitative estimate of drug-likeness (QED) is 0.909. The van der Waals surface area contributed by atoms with E-state index in [0.29, 0.717) is 11.6 Å². The normalized spacial score (nSPS) is 19.7. The van der Waals surface area contributed by atoms with Crippen LogP contribution in [0.4, 0.5) is 5.69 Å². The van der Waals surface area contributed by atoms with E-state index in [-0.39, 0.29) is 30.2 Å². The Hall–Kier alpha value is -1.55. The summed E-state index contributed by atoms with van der Waals surface area (Å²) >= 11 is 5.85. The number of amides is 2. The first-order chi connectivity index (χ1) is 10.0. The van der Waals surface area contributed by atoms with Gasteiger partial charge in [-0.2, -0.15) is 0 Å². The number of benzene rings is 1. The molecule has 2 atom stereocenters. The fraction of sp³-hybridized carbons (Fsp3) is 0.500. The maximum atomic E-state index is 12.2. The zero-order chi connectivity index (χ0) is 15.4. The second-order valence-corrected chi connectivity index (χ2v) is 6.02. The number of rotatable bonds is 5. The van der Waals surface area contributed by atoms with Crippen molar-refractivity contribution >= 4 is 29.1 Å². The minimum atomic E-state index is -0.271. The van der Waals surface area contributed by atoms with Gasteiger partial charge in [-0.3, -0.25) is 9.59 Å². The fourth-order valence-electron chi connectivity index (χ4n) is 2.62. The Morgan fingerprint density at radius 2 is 2.10 bits per heavy atom. The molecule has 1 saturated heterocycles. The smallest absolute Gasteiger partial charge is 0.227 e. The molecule has 1 fully saturated rings. The molecule has 0 aliphatic carbocycles. The van der Waals surface area contributed by atoms with Gasteiger partial charge in [0.1, 0.15) is 0 Å². The highest BCUT2D eigenvalue weighted by molar-refractivity contribution is 6.30. The van der Waals surface area contributed by atoms with Crippen molar-refractivity contribution in [3.63, 3.8) is 0 Å². The molecule has 5 heteroatoms. The molecule has 0 unspecified atom stereocenters. The molecule has 1 aliphatic rings. The van der Waals surface area contributed by atoms with Gasteiger partial charge in [0.25, 0.3) is 0 Å². The van der Waals surface area contributed by atoms with Crippen molar-refractivity contribution in [1.82, 2.24) is 5.32 Å². The Morgan fingerprint density at radius 1 is 1.43 bits per heavy atom. The highest BCUT2D eigenvalue weighted by Crippen LogP contribution is 2.26. The van der Waals surface area contributed by atoms with Gasteiger partial charge in [0.2, 0.25) is 11.8 Å². The average Bonchev–Trinajstić information content (AvgIpc) is 2.82. The second kappa shape index (κ2) is 6.94. The predicted octanol–water partition coefficient (Wildman–Crippen LogP) is 3.00. The van der Waals surface area contributed by atoms with Crippen molar-refractivity contribution in [1.29, 1.82) is 0 Å². The number of nitrogens with zero attached hydrogens (tertiary/aromatic N) is 1. The summed E-state index contributed by atoms with van der Waals surface area (Å²) in [6.45, 7) is 4.52. The SMILES string of the molecule is CCC[C@@H](C)NC(=O)[C@H]1CC(=O)N(c2ccc(Cl)cc2)C1. The summed E-state index contributed by atoms with van der Waals surface area (Å²) in [6, 6.07) is 7.27. The van der Waals surface area contributed by atoms with Gasteiger partial charge in [0, 0.05) is 29.7 Å². The average molecular weight is 309 g/mol. The van der Waals surface area contributed by atoms with Gasteiger partial charge in [0.05, 0.1) is 5.92 Å². The number of anilines is 1. The molecule has 0 saturated carbocycles. The molecule has 21 heavy (non-hydrogen) atoms. The highest BCUT2D eigenvalue weighted by Gasteiger charge is 2.35. The summed E-state index contributed by atoms with van der Waals surface area (Å²) in [4.78, 5) is 26.0. The van der Waals surface area contributed by atoms with Crippen molar-refractivity contribution in [3.05, 3.63) is 29.3 Å². The largest absolute Gasteiger partial charge is 0.353 e. The Morgan fingerprint density at radius 3 is 2.71 bits per heavy atom. The van der Waals surface area contributed by atoms with E-state index >= 15 is 0 Å². The number of carbonyl (C=O) groups excluding carboxylic acids is 2. The van der Waals surface area contributed by atoms with Gasteiger partial charge < -0.3 is 10.2 Å². The molecular formula is C16H21ClN2O2. The summed E-state index contributed by atoms with van der Waals surface area (Å²) in [5.41, 5.74) is 0.793. The molecule has 0 radical (unpaired) electrons. The summed E-state index contributed by atoms with van der Waals surface area (Å²) in [6.07, 6.45) is 2.25. The zero-order valence-corrected chi connectivity index (χ0v) is 13.2. The third-order valence-corrected chi connectivity index (χ3v) is 4.00. The standard InChI is InChI=1S/C16H21ClN2O2/c1-3-4-11(2)18-16(21)12-9-15(20)19(10-12)14-7-5-13(17)6-8-14/h5-8,11-12H,3-4,9-10H2,1-2H3,(H,18,21)/t11-,12+/m1/s1. The lowest BCUT2D eigenvalue weighted by molar-refractivity contribution is -0.126. The van der Waals surface area contributed by atoms with Crippen LogP contribution in [0.5, 0.6) is 0 Å². The maximum Gasteiger partial charge on any atom is 0.227 e. The molecule has 1 heterocycles. The first-order valence-corrected chi connectivity index (χ1v) is 7.75. The summed E-state index contributed by atoms with van der Waals surface area (Å²) < 4.78 is 0. The van der Waals surface area contributed by atoms with Crippen LogP contribution in [-0.2, 0) is 9.59 Å². The van der Waals surface area contributed by atoms with Crippen molar-refractivity contribution < 1.29 is 9.59 Å². The van der Waals surface area contributed by atoms with E-state index in [4.69, 9.17) is 11.6 Å². The molecule has 1 aliphatic heterocycles. The number of hydrogen-bond donors (Lipinski definition) is 1. The van der Waals surface area contributed by atoms with Crippen molar-refractivity contribution in [2.75, 3.05) is 11.4 Å². The topological polar surface area (TPSA) is 49.4 Å². The van der Waals surface area contributed by atoms with Crippen LogP contribution in [0.25, 0.3) is 0 Å². The summed E-state index contributed by atoms with van der Waals surface area (Å²) in [5.74, 6) is -0.311. The van der Waals surface area contributed by atoms with Gasteiger partial charge in [-0.1, -0.05) is 24.9 Å². The van der Waals surface area contributed by atoms with Crippen molar-refractivity contribution in [2.45, 2.75) is 39.2 Å². The van der Waals surface area contributed by atoms with Crippen LogP contribution >= 0.6 is 11.6 Å². The Bertz CT molecular complexity index is 516. The fourth-order valence-corrected chi connectivity index (χ4v) is 2.75. The minimum Gasteiger partial charge on any atom is -0.353 e. The molecule has 2 rings (SSSR count). The molecule has 1 aromatic carbocycles. The lowest BCUT2D eigenvalue weighted by Crippen LogP contribution is -2.38. The Labute approximate surface area is 130 Å². The number of halogens is 1. The van der Waals surface area contributed by atoms with Gasteiger partial charge in [-0.05, 0) is 37.6 Å². The predicted molar refractivity (Wildman–Crippen MR) is 84.4 cm³/mol. The van der Waals surface area contributed by atoms with E-state index in [9.17, 15) is 9.59 Å². The van der Waals surface area contributed by atoms with Gasteiger partial charge in [-0.25, -0.2) is 0 Å². The van der Waals surface area contributed by atoms with Gasteiger partial charge in [-0.15, -0.1) is 0 Å². The first kappa shape index (κ1) is 15.8. The van der Waals surface area contributed by atoms with E-state index < -0.39 is 0 Å². The minimum absolute atomic E-state index is 0.0133. The molecule has 0 aromatic heterocycles. The van der Waals surface area contributed by atoms with Crippen LogP contribution in [0.1, 0.15) is 33.1 Å². The number of hydrogen-bond acceptors (Lipinski definition) is 2. The second-order valence-electron chi connectivity index (χ2n) is 5.58. The van der Waals surface area contributed by atoms with E-state index in [1.54, 1.807) is 29.2 Å². The monoisotopic (exact) mass is 308 g/mol. The van der Waals surface area contributed by atoms with Crippen LogP contribution in [0.15, 0.2) is 24.3 Å². The van der Waals surface area contributed by atoms with Crippen LogP contribution in [0.2, 0.25) is 5.02 Å². The molecular weight excluding hydrogens is 288 g/mol. The third kappa shape index (κ3) is 3.97. The molecule has 0 spiro atoms. The lowest BCUT2D eigenvalue weighted by atomic mass is 10.1. The first-order valence-electron chi connectivity index (χ1n) is 7.37. The van der Waals surface area contributed by atoms with E-state index in [1.165, 1.54) is 0 Å². The van der Waals surface area contributed by atoms with Crippen LogP contribution in [-0.4, -0.2) is 24.4 Å². The third-order valence-electron chi connectivity index (χ3n) is 3.74. The highest BCUT2D eigenvalue weighted by atomic mass is 35.5. The van der Waals surface area contributed by atoms with Crippen LogP contribution in [0.3, 0.4) is 0 Å². The summed E-state index contributed by atoms with van der Waals surface area (Å²) in [7, 11) is 0. The van der Waals surface area contributed by atoms with Crippen molar-refractivity contribution in [3.8, 4) is 0 Å².